The van der Waals surface area contributed by atoms with Crippen molar-refractivity contribution in [2.45, 2.75) is 238 Å². The van der Waals surface area contributed by atoms with E-state index in [0.29, 0.717) is 23.9 Å². The molecular weight excluding hydrogens is 683 g/mol. The van der Waals surface area contributed by atoms with Gasteiger partial charge in [-0.25, -0.2) is 4.57 Å². The fourth-order valence-corrected chi connectivity index (χ4v) is 7.67. The standard InChI is InChI=1S/C44H91N2O6P/c1-6-8-10-12-14-16-18-20-21-22-23-24-25-26-28-30-32-34-36-38-44(48)45-42(41-52-53(49,50)51-40-39-46(3,4)5)43(47)37-35-33-31-29-27-19-17-15-13-11-9-7-2/h42-43,47H,6-41H2,1-5H3,(H-,45,48,49,50)/p+1/t42-,43+/m0/s1. The molecule has 0 saturated carbocycles. The van der Waals surface area contributed by atoms with Crippen LogP contribution in [0, 0.1) is 0 Å². The number of hydrogen-bond acceptors (Lipinski definition) is 5. The van der Waals surface area contributed by atoms with Gasteiger partial charge < -0.3 is 19.8 Å². The summed E-state index contributed by atoms with van der Waals surface area (Å²) in [5, 5.41) is 13.9. The maximum absolute atomic E-state index is 12.9. The zero-order valence-corrected chi connectivity index (χ0v) is 36.9. The van der Waals surface area contributed by atoms with Gasteiger partial charge in [0.05, 0.1) is 39.9 Å². The minimum Gasteiger partial charge on any atom is -0.391 e. The molecule has 0 radical (unpaired) electrons. The molecular formula is C44H92N2O6P+. The first kappa shape index (κ1) is 52.5. The SMILES string of the molecule is CCCCCCCCCCCCCCCCCCCCCC(=O)N[C@@H](COP(=O)(O)OCC[N+](C)(C)C)[C@H](O)CCCCCCCCCCCCCC. The van der Waals surface area contributed by atoms with Crippen LogP contribution in [-0.2, 0) is 18.4 Å². The van der Waals surface area contributed by atoms with Crippen LogP contribution in [0.4, 0.5) is 0 Å². The Morgan fingerprint density at radius 2 is 0.906 bits per heavy atom. The number of rotatable bonds is 42. The number of quaternary nitrogens is 1. The van der Waals surface area contributed by atoms with Crippen molar-refractivity contribution in [1.82, 2.24) is 5.32 Å². The molecule has 0 rings (SSSR count). The first-order chi connectivity index (χ1) is 25.5. The van der Waals surface area contributed by atoms with E-state index >= 15 is 0 Å². The fourth-order valence-electron chi connectivity index (χ4n) is 6.93. The number of carbonyl (C=O) groups is 1. The number of carbonyl (C=O) groups excluding carboxylic acids is 1. The Hall–Kier alpha value is -0.500. The Morgan fingerprint density at radius 3 is 1.26 bits per heavy atom. The second-order valence-corrected chi connectivity index (χ2v) is 18.6. The van der Waals surface area contributed by atoms with E-state index in [0.717, 1.165) is 38.5 Å². The molecule has 53 heavy (non-hydrogen) atoms. The first-order valence-electron chi connectivity index (χ1n) is 22.9. The van der Waals surface area contributed by atoms with Gasteiger partial charge >= 0.3 is 7.82 Å². The number of aliphatic hydroxyl groups excluding tert-OH is 1. The van der Waals surface area contributed by atoms with E-state index in [1.807, 2.05) is 21.1 Å². The summed E-state index contributed by atoms with van der Waals surface area (Å²) < 4.78 is 23.6. The molecule has 0 saturated heterocycles. The molecule has 8 nitrogen and oxygen atoms in total. The van der Waals surface area contributed by atoms with E-state index in [1.54, 1.807) is 0 Å². The molecule has 1 amide bonds. The zero-order chi connectivity index (χ0) is 39.3. The highest BCUT2D eigenvalue weighted by molar-refractivity contribution is 7.47. The van der Waals surface area contributed by atoms with Gasteiger partial charge in [-0.15, -0.1) is 0 Å². The molecule has 0 bridgehead atoms. The third-order valence-corrected chi connectivity index (χ3v) is 11.6. The van der Waals surface area contributed by atoms with Gasteiger partial charge in [0.2, 0.25) is 5.91 Å². The quantitative estimate of drug-likeness (QED) is 0.0324. The highest BCUT2D eigenvalue weighted by Gasteiger charge is 2.28. The summed E-state index contributed by atoms with van der Waals surface area (Å²) in [6, 6.07) is -0.752. The van der Waals surface area contributed by atoms with Gasteiger partial charge in [0, 0.05) is 6.42 Å². The number of unbranched alkanes of at least 4 members (excludes halogenated alkanes) is 29. The van der Waals surface area contributed by atoms with Crippen LogP contribution >= 0.6 is 7.82 Å². The minimum absolute atomic E-state index is 0.0785. The van der Waals surface area contributed by atoms with Crippen molar-refractivity contribution >= 4 is 13.7 Å². The maximum atomic E-state index is 12.9. The molecule has 0 aliphatic heterocycles. The van der Waals surface area contributed by atoms with Crippen molar-refractivity contribution in [3.05, 3.63) is 0 Å². The normalized spacial score (nSPS) is 14.3. The Kier molecular flexibility index (Phi) is 36.7. The van der Waals surface area contributed by atoms with E-state index in [-0.39, 0.29) is 19.1 Å². The summed E-state index contributed by atoms with van der Waals surface area (Å²) in [6.07, 6.45) is 39.8. The summed E-state index contributed by atoms with van der Waals surface area (Å²) in [4.78, 5) is 23.1. The third kappa shape index (κ3) is 39.5. The van der Waals surface area contributed by atoms with Gasteiger partial charge in [-0.05, 0) is 12.8 Å². The highest BCUT2D eigenvalue weighted by Crippen LogP contribution is 2.43. The predicted octanol–water partition coefficient (Wildman–Crippen LogP) is 12.6. The zero-order valence-electron chi connectivity index (χ0n) is 36.0. The summed E-state index contributed by atoms with van der Waals surface area (Å²) in [5.74, 6) is -0.141. The summed E-state index contributed by atoms with van der Waals surface area (Å²) in [7, 11) is 1.63. The molecule has 1 unspecified atom stereocenters. The lowest BCUT2D eigenvalue weighted by molar-refractivity contribution is -0.870. The van der Waals surface area contributed by atoms with E-state index in [9.17, 15) is 19.4 Å². The number of aliphatic hydroxyl groups is 1. The summed E-state index contributed by atoms with van der Waals surface area (Å²) in [6.45, 7) is 4.90. The largest absolute Gasteiger partial charge is 0.472 e. The van der Waals surface area contributed by atoms with Gasteiger partial charge in [0.15, 0.2) is 0 Å². The number of phosphoric ester groups is 1. The molecule has 0 fully saturated rings. The van der Waals surface area contributed by atoms with Crippen molar-refractivity contribution in [2.24, 2.45) is 0 Å². The number of nitrogens with one attached hydrogen (secondary N) is 1. The molecule has 0 aliphatic rings. The molecule has 0 heterocycles. The van der Waals surface area contributed by atoms with Gasteiger partial charge in [0.25, 0.3) is 0 Å². The number of nitrogens with zero attached hydrogens (tertiary/aromatic N) is 1. The lowest BCUT2D eigenvalue weighted by Gasteiger charge is -2.26. The molecule has 0 aromatic carbocycles. The van der Waals surface area contributed by atoms with Crippen LogP contribution in [0.1, 0.15) is 226 Å². The molecule has 0 aromatic heterocycles. The molecule has 0 spiro atoms. The lowest BCUT2D eigenvalue weighted by atomic mass is 10.0. The number of hydrogen-bond donors (Lipinski definition) is 3. The number of amides is 1. The summed E-state index contributed by atoms with van der Waals surface area (Å²) in [5.41, 5.74) is 0. The van der Waals surface area contributed by atoms with Crippen LogP contribution in [-0.4, -0.2) is 73.4 Å². The van der Waals surface area contributed by atoms with Gasteiger partial charge in [-0.2, -0.15) is 0 Å². The maximum Gasteiger partial charge on any atom is 0.472 e. The molecule has 3 N–H and O–H groups in total. The van der Waals surface area contributed by atoms with Crippen molar-refractivity contribution in [3.63, 3.8) is 0 Å². The monoisotopic (exact) mass is 776 g/mol. The third-order valence-electron chi connectivity index (χ3n) is 10.6. The molecule has 0 aliphatic carbocycles. The number of likely N-dealkylation sites (N-methyl/N-ethyl adjacent to an activating group) is 1. The van der Waals surface area contributed by atoms with E-state index in [1.165, 1.54) is 161 Å². The van der Waals surface area contributed by atoms with E-state index < -0.39 is 20.0 Å². The Morgan fingerprint density at radius 1 is 0.566 bits per heavy atom. The molecule has 0 aromatic rings. The van der Waals surface area contributed by atoms with E-state index in [2.05, 4.69) is 19.2 Å². The first-order valence-corrected chi connectivity index (χ1v) is 24.4. The number of phosphoric acid groups is 1. The molecule has 318 valence electrons. The Bertz CT molecular complexity index is 839. The summed E-state index contributed by atoms with van der Waals surface area (Å²) >= 11 is 0. The second-order valence-electron chi connectivity index (χ2n) is 17.1. The van der Waals surface area contributed by atoms with Gasteiger partial charge in [-0.1, -0.05) is 206 Å². The van der Waals surface area contributed by atoms with Crippen LogP contribution in [0.15, 0.2) is 0 Å². The van der Waals surface area contributed by atoms with Crippen molar-refractivity contribution in [3.8, 4) is 0 Å². The topological polar surface area (TPSA) is 105 Å². The average molecular weight is 776 g/mol. The van der Waals surface area contributed by atoms with Gasteiger partial charge in [0.1, 0.15) is 13.2 Å². The van der Waals surface area contributed by atoms with Crippen LogP contribution in [0.3, 0.4) is 0 Å². The molecule has 3 atom stereocenters. The van der Waals surface area contributed by atoms with Crippen molar-refractivity contribution < 1.29 is 32.9 Å². The Balaban J connectivity index is 4.26. The van der Waals surface area contributed by atoms with Gasteiger partial charge in [-0.3, -0.25) is 13.8 Å². The molecule has 9 heteroatoms. The van der Waals surface area contributed by atoms with Crippen LogP contribution < -0.4 is 5.32 Å². The predicted molar refractivity (Wildman–Crippen MR) is 226 cm³/mol. The van der Waals surface area contributed by atoms with Crippen molar-refractivity contribution in [1.29, 1.82) is 0 Å². The van der Waals surface area contributed by atoms with Crippen LogP contribution in [0.2, 0.25) is 0 Å². The highest BCUT2D eigenvalue weighted by atomic mass is 31.2. The Labute approximate surface area is 329 Å². The van der Waals surface area contributed by atoms with Crippen molar-refractivity contribution in [2.75, 3.05) is 40.9 Å². The van der Waals surface area contributed by atoms with Crippen LogP contribution in [0.5, 0.6) is 0 Å². The lowest BCUT2D eigenvalue weighted by Crippen LogP contribution is -2.46. The van der Waals surface area contributed by atoms with E-state index in [4.69, 9.17) is 9.05 Å². The van der Waals surface area contributed by atoms with Crippen LogP contribution in [0.25, 0.3) is 0 Å². The second kappa shape index (κ2) is 37.1. The minimum atomic E-state index is -4.30. The fraction of sp³-hybridized carbons (Fsp3) is 0.977. The smallest absolute Gasteiger partial charge is 0.391 e. The average Bonchev–Trinajstić information content (AvgIpc) is 3.10.